The molecule has 0 aromatic heterocycles. The van der Waals surface area contributed by atoms with Crippen molar-refractivity contribution in [2.75, 3.05) is 0 Å². The topological polar surface area (TPSA) is 81.8 Å². The average molecular weight is 284 g/mol. The summed E-state index contributed by atoms with van der Waals surface area (Å²) in [5.41, 5.74) is 0. The van der Waals surface area contributed by atoms with E-state index in [2.05, 4.69) is 13.8 Å². The molecule has 0 aromatic rings. The van der Waals surface area contributed by atoms with Crippen molar-refractivity contribution in [2.45, 2.75) is 90.9 Å². The molecular formula is C16H32N2O2. The van der Waals surface area contributed by atoms with E-state index in [1.807, 2.05) is 0 Å². The standard InChI is InChI=1S/C14H30.2CHNO/c1-3-5-7-9-11-13-14-12-10-8-6-4-2;2*2-1-3/h3-14H2,1-2H3;2*2H. The highest BCUT2D eigenvalue weighted by Crippen LogP contribution is 2.11. The number of nitrogens with one attached hydrogen (secondary N) is 2. The van der Waals surface area contributed by atoms with Crippen molar-refractivity contribution in [1.82, 2.24) is 0 Å². The largest absolute Gasteiger partial charge is 0.231 e. The highest BCUT2D eigenvalue weighted by atomic mass is 16.1. The summed E-state index contributed by atoms with van der Waals surface area (Å²) in [6, 6.07) is 0. The lowest BCUT2D eigenvalue weighted by atomic mass is 10.1. The Bertz CT molecular complexity index is 195. The Kier molecular flexibility index (Phi) is 36.5. The Morgan fingerprint density at radius 3 is 0.850 bits per heavy atom. The Labute approximate surface area is 124 Å². The van der Waals surface area contributed by atoms with Gasteiger partial charge in [0.1, 0.15) is 0 Å². The lowest BCUT2D eigenvalue weighted by Gasteiger charge is -2.01. The van der Waals surface area contributed by atoms with Crippen molar-refractivity contribution in [2.24, 2.45) is 0 Å². The molecule has 2 N–H and O–H groups in total. The maximum absolute atomic E-state index is 8.35. The van der Waals surface area contributed by atoms with Crippen LogP contribution in [0.4, 0.5) is 0 Å². The maximum atomic E-state index is 8.35. The third-order valence-electron chi connectivity index (χ3n) is 2.96. The summed E-state index contributed by atoms with van der Waals surface area (Å²) >= 11 is 0. The zero-order valence-electron chi connectivity index (χ0n) is 13.3. The van der Waals surface area contributed by atoms with Gasteiger partial charge < -0.3 is 0 Å². The Balaban J connectivity index is -0.000000408. The summed E-state index contributed by atoms with van der Waals surface area (Å²) in [7, 11) is 0. The molecule has 0 amide bonds. The van der Waals surface area contributed by atoms with E-state index in [4.69, 9.17) is 20.4 Å². The highest BCUT2D eigenvalue weighted by Gasteiger charge is 1.91. The van der Waals surface area contributed by atoms with Crippen LogP contribution in [0.5, 0.6) is 0 Å². The number of carbonyl (C=O) groups excluding carboxylic acids is 2. The Morgan fingerprint density at radius 2 is 0.700 bits per heavy atom. The first-order valence-corrected chi connectivity index (χ1v) is 7.82. The summed E-state index contributed by atoms with van der Waals surface area (Å²) in [6.07, 6.45) is 18.9. The summed E-state index contributed by atoms with van der Waals surface area (Å²) < 4.78 is 0. The fraction of sp³-hybridized carbons (Fsp3) is 0.875. The normalized spacial score (nSPS) is 8.30. The van der Waals surface area contributed by atoms with Crippen LogP contribution in [0, 0.1) is 10.8 Å². The van der Waals surface area contributed by atoms with Crippen LogP contribution in [-0.2, 0) is 9.59 Å². The van der Waals surface area contributed by atoms with Gasteiger partial charge in [-0.2, -0.15) is 0 Å². The van der Waals surface area contributed by atoms with Crippen LogP contribution in [0.1, 0.15) is 90.9 Å². The molecule has 4 heteroatoms. The summed E-state index contributed by atoms with van der Waals surface area (Å²) in [6.45, 7) is 4.57. The van der Waals surface area contributed by atoms with Crippen LogP contribution >= 0.6 is 0 Å². The SMILES string of the molecule is CCCCCCCCCCCCCC.N=C=O.N=C=O. The molecule has 0 radical (unpaired) electrons. The number of rotatable bonds is 11. The van der Waals surface area contributed by atoms with Crippen LogP contribution < -0.4 is 0 Å². The zero-order chi connectivity index (χ0) is 15.9. The first-order valence-electron chi connectivity index (χ1n) is 7.82. The Morgan fingerprint density at radius 1 is 0.550 bits per heavy atom. The maximum Gasteiger partial charge on any atom is 0.231 e. The van der Waals surface area contributed by atoms with Gasteiger partial charge in [0.15, 0.2) is 0 Å². The molecule has 0 atom stereocenters. The first kappa shape index (κ1) is 23.8. The van der Waals surface area contributed by atoms with Crippen LogP contribution in [0.2, 0.25) is 0 Å². The fourth-order valence-electron chi connectivity index (χ4n) is 1.91. The summed E-state index contributed by atoms with van der Waals surface area (Å²) in [4.78, 5) is 16.7. The van der Waals surface area contributed by atoms with Gasteiger partial charge in [0, 0.05) is 0 Å². The van der Waals surface area contributed by atoms with Gasteiger partial charge in [0.2, 0.25) is 12.2 Å². The fourth-order valence-corrected chi connectivity index (χ4v) is 1.91. The molecule has 0 unspecified atom stereocenters. The van der Waals surface area contributed by atoms with Gasteiger partial charge in [-0.1, -0.05) is 90.9 Å². The van der Waals surface area contributed by atoms with E-state index in [1.165, 1.54) is 77.0 Å². The second-order valence-corrected chi connectivity index (χ2v) is 4.74. The molecule has 0 saturated heterocycles. The van der Waals surface area contributed by atoms with Gasteiger partial charge in [-0.15, -0.1) is 0 Å². The van der Waals surface area contributed by atoms with E-state index in [0.717, 1.165) is 12.2 Å². The molecular weight excluding hydrogens is 252 g/mol. The van der Waals surface area contributed by atoms with E-state index in [9.17, 15) is 0 Å². The summed E-state index contributed by atoms with van der Waals surface area (Å²) in [5.74, 6) is 0. The number of hydrogen-bond acceptors (Lipinski definition) is 4. The molecule has 0 saturated carbocycles. The van der Waals surface area contributed by atoms with Gasteiger partial charge in [-0.3, -0.25) is 0 Å². The Hall–Kier alpha value is -1.24. The zero-order valence-corrected chi connectivity index (χ0v) is 13.3. The predicted octanol–water partition coefficient (Wildman–Crippen LogP) is 5.51. The second kappa shape index (κ2) is 30.6. The van der Waals surface area contributed by atoms with E-state index < -0.39 is 0 Å². The van der Waals surface area contributed by atoms with E-state index in [-0.39, 0.29) is 0 Å². The molecule has 4 nitrogen and oxygen atoms in total. The molecule has 0 spiro atoms. The third-order valence-corrected chi connectivity index (χ3v) is 2.96. The molecule has 0 rings (SSSR count). The van der Waals surface area contributed by atoms with Crippen LogP contribution in [0.15, 0.2) is 0 Å². The van der Waals surface area contributed by atoms with Crippen molar-refractivity contribution in [3.63, 3.8) is 0 Å². The molecule has 0 aromatic carbocycles. The van der Waals surface area contributed by atoms with Crippen molar-refractivity contribution in [3.05, 3.63) is 0 Å². The monoisotopic (exact) mass is 284 g/mol. The van der Waals surface area contributed by atoms with E-state index in [0.29, 0.717) is 0 Å². The second-order valence-electron chi connectivity index (χ2n) is 4.74. The lowest BCUT2D eigenvalue weighted by molar-refractivity contribution is 0.548. The molecule has 20 heavy (non-hydrogen) atoms. The molecule has 0 fully saturated rings. The van der Waals surface area contributed by atoms with E-state index >= 15 is 0 Å². The van der Waals surface area contributed by atoms with Crippen molar-refractivity contribution < 1.29 is 9.59 Å². The molecule has 0 aliphatic heterocycles. The van der Waals surface area contributed by atoms with Gasteiger partial charge >= 0.3 is 0 Å². The van der Waals surface area contributed by atoms with Crippen LogP contribution in [0.3, 0.4) is 0 Å². The minimum atomic E-state index is 0.750. The third kappa shape index (κ3) is 43.7. The van der Waals surface area contributed by atoms with Gasteiger partial charge in [-0.25, -0.2) is 20.4 Å². The smallest absolute Gasteiger partial charge is 0.222 e. The molecule has 118 valence electrons. The first-order chi connectivity index (χ1) is 9.74. The minimum Gasteiger partial charge on any atom is -0.222 e. The minimum absolute atomic E-state index is 0.750. The van der Waals surface area contributed by atoms with Crippen molar-refractivity contribution in [1.29, 1.82) is 10.8 Å². The van der Waals surface area contributed by atoms with Crippen LogP contribution in [-0.4, -0.2) is 12.2 Å². The van der Waals surface area contributed by atoms with Crippen molar-refractivity contribution >= 4 is 12.2 Å². The van der Waals surface area contributed by atoms with E-state index in [1.54, 1.807) is 0 Å². The number of hydrogen-bond donors (Lipinski definition) is 2. The highest BCUT2D eigenvalue weighted by molar-refractivity contribution is 5.26. The molecule has 0 heterocycles. The number of unbranched alkanes of at least 4 members (excludes halogenated alkanes) is 11. The van der Waals surface area contributed by atoms with Gasteiger partial charge in [0.05, 0.1) is 0 Å². The summed E-state index contributed by atoms with van der Waals surface area (Å²) in [5, 5.41) is 10.8. The quantitative estimate of drug-likeness (QED) is 0.298. The van der Waals surface area contributed by atoms with Gasteiger partial charge in [-0.05, 0) is 0 Å². The van der Waals surface area contributed by atoms with Gasteiger partial charge in [0.25, 0.3) is 0 Å². The average Bonchev–Trinajstić information content (AvgIpc) is 2.43. The lowest BCUT2D eigenvalue weighted by Crippen LogP contribution is -1.81. The van der Waals surface area contributed by atoms with Crippen molar-refractivity contribution in [3.8, 4) is 0 Å². The molecule has 0 aliphatic carbocycles. The molecule has 0 aliphatic rings. The predicted molar refractivity (Wildman–Crippen MR) is 83.6 cm³/mol. The number of isocyanates is 2. The molecule has 0 bridgehead atoms. The van der Waals surface area contributed by atoms with Crippen LogP contribution in [0.25, 0.3) is 0 Å².